The van der Waals surface area contributed by atoms with Crippen LogP contribution in [-0.4, -0.2) is 10.9 Å². The fourth-order valence-electron chi connectivity index (χ4n) is 2.76. The largest absolute Gasteiger partial charge is 0.322 e. The number of rotatable bonds is 4. The Hall–Kier alpha value is -2.95. The fourth-order valence-corrected chi connectivity index (χ4v) is 3.73. The molecule has 4 rings (SSSR count). The van der Waals surface area contributed by atoms with E-state index in [-0.39, 0.29) is 5.91 Å². The molecule has 1 N–H and O–H groups in total. The fraction of sp³-hybridized carbons (Fsp3) is 0.0435. The standard InChI is InChI=1S/C23H17ClN2OS/c1-15-2-4-17(5-3-15)22(27)25-20-12-8-16(9-13-20)21-14-28-23(26-21)18-6-10-19(24)11-7-18/h2-14H,1H3,(H,25,27). The van der Waals surface area contributed by atoms with E-state index in [1.54, 1.807) is 11.3 Å². The topological polar surface area (TPSA) is 42.0 Å². The van der Waals surface area contributed by atoms with Crippen LogP contribution in [-0.2, 0) is 0 Å². The highest BCUT2D eigenvalue weighted by Gasteiger charge is 2.09. The Morgan fingerprint density at radius 1 is 0.893 bits per heavy atom. The van der Waals surface area contributed by atoms with Gasteiger partial charge in [0.1, 0.15) is 5.01 Å². The van der Waals surface area contributed by atoms with Gasteiger partial charge in [-0.1, -0.05) is 53.6 Å². The van der Waals surface area contributed by atoms with Crippen LogP contribution < -0.4 is 5.32 Å². The third kappa shape index (κ3) is 4.14. The zero-order chi connectivity index (χ0) is 19.5. The first-order chi connectivity index (χ1) is 13.6. The molecule has 3 nitrogen and oxygen atoms in total. The van der Waals surface area contributed by atoms with E-state index in [1.165, 1.54) is 0 Å². The molecule has 138 valence electrons. The molecule has 3 aromatic carbocycles. The molecule has 0 aliphatic rings. The third-order valence-corrected chi connectivity index (χ3v) is 5.49. The van der Waals surface area contributed by atoms with Gasteiger partial charge in [0.15, 0.2) is 0 Å². The second-order valence-corrected chi connectivity index (χ2v) is 7.74. The van der Waals surface area contributed by atoms with E-state index in [4.69, 9.17) is 16.6 Å². The first kappa shape index (κ1) is 18.4. The Balaban J connectivity index is 1.48. The minimum Gasteiger partial charge on any atom is -0.322 e. The molecule has 28 heavy (non-hydrogen) atoms. The van der Waals surface area contributed by atoms with Crippen molar-refractivity contribution < 1.29 is 4.79 Å². The minimum absolute atomic E-state index is 0.119. The normalized spacial score (nSPS) is 10.6. The number of nitrogens with one attached hydrogen (secondary N) is 1. The number of carbonyl (C=O) groups excluding carboxylic acids is 1. The van der Waals surface area contributed by atoms with Crippen molar-refractivity contribution in [3.63, 3.8) is 0 Å². The first-order valence-electron chi connectivity index (χ1n) is 8.78. The van der Waals surface area contributed by atoms with Crippen molar-refractivity contribution in [1.29, 1.82) is 0 Å². The molecule has 1 heterocycles. The summed E-state index contributed by atoms with van der Waals surface area (Å²) in [6.45, 7) is 2.00. The summed E-state index contributed by atoms with van der Waals surface area (Å²) in [5.74, 6) is -0.119. The molecule has 0 atom stereocenters. The SMILES string of the molecule is Cc1ccc(C(=O)Nc2ccc(-c3csc(-c4ccc(Cl)cc4)n3)cc2)cc1. The van der Waals surface area contributed by atoms with Gasteiger partial charge in [-0.25, -0.2) is 4.98 Å². The number of nitrogens with zero attached hydrogens (tertiary/aromatic N) is 1. The number of aryl methyl sites for hydroxylation is 1. The van der Waals surface area contributed by atoms with Crippen molar-refractivity contribution in [3.8, 4) is 21.8 Å². The summed E-state index contributed by atoms with van der Waals surface area (Å²) >= 11 is 7.54. The summed E-state index contributed by atoms with van der Waals surface area (Å²) in [6, 6.07) is 22.9. The van der Waals surface area contributed by atoms with Crippen molar-refractivity contribution in [1.82, 2.24) is 4.98 Å². The van der Waals surface area contributed by atoms with Crippen LogP contribution in [0.2, 0.25) is 5.02 Å². The average molecular weight is 405 g/mol. The van der Waals surface area contributed by atoms with Crippen molar-refractivity contribution in [3.05, 3.63) is 94.3 Å². The van der Waals surface area contributed by atoms with Gasteiger partial charge in [0.05, 0.1) is 5.69 Å². The lowest BCUT2D eigenvalue weighted by atomic mass is 10.1. The van der Waals surface area contributed by atoms with Crippen LogP contribution in [0, 0.1) is 6.92 Å². The lowest BCUT2D eigenvalue weighted by Gasteiger charge is -2.06. The first-order valence-corrected chi connectivity index (χ1v) is 10.0. The molecule has 0 radical (unpaired) electrons. The highest BCUT2D eigenvalue weighted by Crippen LogP contribution is 2.30. The van der Waals surface area contributed by atoms with Crippen LogP contribution in [0.4, 0.5) is 5.69 Å². The highest BCUT2D eigenvalue weighted by molar-refractivity contribution is 7.13. The van der Waals surface area contributed by atoms with E-state index in [1.807, 2.05) is 85.1 Å². The monoisotopic (exact) mass is 404 g/mol. The van der Waals surface area contributed by atoms with Gasteiger partial charge < -0.3 is 5.32 Å². The molecule has 0 unspecified atom stereocenters. The summed E-state index contributed by atoms with van der Waals surface area (Å²) in [4.78, 5) is 17.0. The summed E-state index contributed by atoms with van der Waals surface area (Å²) in [7, 11) is 0. The molecule has 4 aromatic rings. The van der Waals surface area contributed by atoms with E-state index in [0.29, 0.717) is 10.6 Å². The number of amides is 1. The van der Waals surface area contributed by atoms with Gasteiger partial charge in [-0.3, -0.25) is 4.79 Å². The van der Waals surface area contributed by atoms with Gasteiger partial charge in [-0.05, 0) is 43.3 Å². The van der Waals surface area contributed by atoms with Gasteiger partial charge >= 0.3 is 0 Å². The van der Waals surface area contributed by atoms with E-state index >= 15 is 0 Å². The van der Waals surface area contributed by atoms with E-state index < -0.39 is 0 Å². The number of halogens is 1. The van der Waals surface area contributed by atoms with Gasteiger partial charge in [0, 0.05) is 32.8 Å². The van der Waals surface area contributed by atoms with Crippen LogP contribution >= 0.6 is 22.9 Å². The number of aromatic nitrogens is 1. The molecule has 0 bridgehead atoms. The molecule has 0 fully saturated rings. The van der Waals surface area contributed by atoms with Crippen molar-refractivity contribution in [2.45, 2.75) is 6.92 Å². The molecule has 1 amide bonds. The molecule has 0 saturated heterocycles. The highest BCUT2D eigenvalue weighted by atomic mass is 35.5. The van der Waals surface area contributed by atoms with Crippen LogP contribution in [0.5, 0.6) is 0 Å². The second-order valence-electron chi connectivity index (χ2n) is 6.44. The Kier molecular flexibility index (Phi) is 5.24. The lowest BCUT2D eigenvalue weighted by molar-refractivity contribution is 0.102. The zero-order valence-electron chi connectivity index (χ0n) is 15.1. The van der Waals surface area contributed by atoms with Crippen LogP contribution in [0.1, 0.15) is 15.9 Å². The van der Waals surface area contributed by atoms with Crippen LogP contribution in [0.25, 0.3) is 21.8 Å². The second kappa shape index (κ2) is 7.97. The third-order valence-electron chi connectivity index (χ3n) is 4.35. The van der Waals surface area contributed by atoms with E-state index in [9.17, 15) is 4.79 Å². The quantitative estimate of drug-likeness (QED) is 0.411. The Labute approximate surface area is 172 Å². The predicted octanol–water partition coefficient (Wildman–Crippen LogP) is 6.69. The molecular weight excluding hydrogens is 388 g/mol. The number of anilines is 1. The van der Waals surface area contributed by atoms with E-state index in [0.717, 1.165) is 33.1 Å². The van der Waals surface area contributed by atoms with Crippen LogP contribution in [0.3, 0.4) is 0 Å². The zero-order valence-corrected chi connectivity index (χ0v) is 16.7. The molecular formula is C23H17ClN2OS. The lowest BCUT2D eigenvalue weighted by Crippen LogP contribution is -2.11. The minimum atomic E-state index is -0.119. The average Bonchev–Trinajstić information content (AvgIpc) is 3.20. The van der Waals surface area contributed by atoms with Crippen molar-refractivity contribution in [2.75, 3.05) is 5.32 Å². The van der Waals surface area contributed by atoms with Crippen molar-refractivity contribution in [2.24, 2.45) is 0 Å². The number of carbonyl (C=O) groups is 1. The molecule has 0 spiro atoms. The van der Waals surface area contributed by atoms with Crippen molar-refractivity contribution >= 4 is 34.5 Å². The predicted molar refractivity (Wildman–Crippen MR) is 117 cm³/mol. The summed E-state index contributed by atoms with van der Waals surface area (Å²) in [5, 5.41) is 6.61. The Morgan fingerprint density at radius 2 is 1.54 bits per heavy atom. The molecule has 1 aromatic heterocycles. The summed E-state index contributed by atoms with van der Waals surface area (Å²) in [5.41, 5.74) is 5.48. The van der Waals surface area contributed by atoms with Gasteiger partial charge in [-0.15, -0.1) is 11.3 Å². The molecule has 0 saturated carbocycles. The number of hydrogen-bond acceptors (Lipinski definition) is 3. The van der Waals surface area contributed by atoms with Gasteiger partial charge in [0.2, 0.25) is 0 Å². The maximum atomic E-state index is 12.3. The molecule has 5 heteroatoms. The molecule has 0 aliphatic carbocycles. The summed E-state index contributed by atoms with van der Waals surface area (Å²) < 4.78 is 0. The smallest absolute Gasteiger partial charge is 0.255 e. The van der Waals surface area contributed by atoms with Gasteiger partial charge in [-0.2, -0.15) is 0 Å². The van der Waals surface area contributed by atoms with E-state index in [2.05, 4.69) is 5.32 Å². The maximum Gasteiger partial charge on any atom is 0.255 e. The maximum absolute atomic E-state index is 12.3. The summed E-state index contributed by atoms with van der Waals surface area (Å²) in [6.07, 6.45) is 0. The number of thiazole rings is 1. The van der Waals surface area contributed by atoms with Crippen LogP contribution in [0.15, 0.2) is 78.2 Å². The number of hydrogen-bond donors (Lipinski definition) is 1. The Bertz CT molecular complexity index is 1100. The Morgan fingerprint density at radius 3 is 2.21 bits per heavy atom. The van der Waals surface area contributed by atoms with Gasteiger partial charge in [0.25, 0.3) is 5.91 Å². The number of benzene rings is 3. The molecule has 0 aliphatic heterocycles.